The maximum Gasteiger partial charge on any atom is -0.00461 e. The van der Waals surface area contributed by atoms with Crippen LogP contribution in [0, 0.1) is 16.7 Å². The molecule has 0 spiro atoms. The molecular weight excluding hydrogens is 158 g/mol. The number of hydrogen-bond acceptors (Lipinski definition) is 1. The summed E-state index contributed by atoms with van der Waals surface area (Å²) in [5.74, 6) is 0.897. The molecule has 0 aromatic carbocycles. The molecule has 0 aromatic rings. The Morgan fingerprint density at radius 1 is 0.923 bits per heavy atom. The van der Waals surface area contributed by atoms with E-state index >= 15 is 0 Å². The second-order valence-corrected chi connectivity index (χ2v) is 6.00. The number of hydrogen-bond donors (Lipinski definition) is 1. The smallest absolute Gasteiger partial charge is 0.00461 e. The fourth-order valence-electron chi connectivity index (χ4n) is 2.16. The molecule has 1 rings (SSSR count). The van der Waals surface area contributed by atoms with Gasteiger partial charge in [0.05, 0.1) is 0 Å². The van der Waals surface area contributed by atoms with Gasteiger partial charge < -0.3 is 5.32 Å². The molecule has 1 heteroatoms. The molecule has 1 saturated heterocycles. The Balaban J connectivity index is 2.67. The van der Waals surface area contributed by atoms with E-state index in [0.29, 0.717) is 10.8 Å². The van der Waals surface area contributed by atoms with Crippen molar-refractivity contribution in [2.24, 2.45) is 16.7 Å². The predicted molar refractivity (Wildman–Crippen MR) is 58.8 cm³/mol. The Morgan fingerprint density at radius 2 is 1.38 bits per heavy atom. The van der Waals surface area contributed by atoms with Crippen molar-refractivity contribution in [1.82, 2.24) is 5.32 Å². The molecule has 1 fully saturated rings. The molecule has 0 atom stereocenters. The normalized spacial score (nSPS) is 21.9. The van der Waals surface area contributed by atoms with Crippen LogP contribution in [-0.4, -0.2) is 13.1 Å². The fraction of sp³-hybridized carbons (Fsp3) is 1.00. The van der Waals surface area contributed by atoms with Crippen molar-refractivity contribution in [2.45, 2.75) is 47.5 Å². The topological polar surface area (TPSA) is 12.0 Å². The lowest BCUT2D eigenvalue weighted by molar-refractivity contribution is 0.0367. The lowest BCUT2D eigenvalue weighted by Crippen LogP contribution is -2.42. The predicted octanol–water partition coefficient (Wildman–Crippen LogP) is 3.06. The Kier molecular flexibility index (Phi) is 3.06. The van der Waals surface area contributed by atoms with Crippen molar-refractivity contribution in [1.29, 1.82) is 0 Å². The molecule has 1 nitrogen and oxygen atoms in total. The monoisotopic (exact) mass is 183 g/mol. The molecule has 1 aliphatic rings. The molecule has 0 aliphatic carbocycles. The largest absolute Gasteiger partial charge is 0.317 e. The van der Waals surface area contributed by atoms with Crippen molar-refractivity contribution in [3.05, 3.63) is 0 Å². The average Bonchev–Trinajstić information content (AvgIpc) is 2.04. The third-order valence-electron chi connectivity index (χ3n) is 4.29. The zero-order chi connectivity index (χ0) is 10.1. The van der Waals surface area contributed by atoms with E-state index in [1.165, 1.54) is 25.9 Å². The Bertz CT molecular complexity index is 158. The molecule has 78 valence electrons. The molecule has 0 bridgehead atoms. The zero-order valence-electron chi connectivity index (χ0n) is 9.91. The minimum atomic E-state index is 0.426. The molecule has 0 radical (unpaired) electrons. The summed E-state index contributed by atoms with van der Waals surface area (Å²) in [5, 5.41) is 3.44. The van der Waals surface area contributed by atoms with Gasteiger partial charge in [0.2, 0.25) is 0 Å². The molecular formula is C12H25N. The molecule has 1 N–H and O–H groups in total. The van der Waals surface area contributed by atoms with Crippen LogP contribution in [0.3, 0.4) is 0 Å². The van der Waals surface area contributed by atoms with Gasteiger partial charge in [-0.15, -0.1) is 0 Å². The standard InChI is InChI=1S/C12H25N/c1-11(2,3)12(4,5)10-6-8-13-9-7-10/h10,13H,6-9H2,1-5H3. The Labute approximate surface area is 83.3 Å². The third-order valence-corrected chi connectivity index (χ3v) is 4.29. The summed E-state index contributed by atoms with van der Waals surface area (Å²) in [6.07, 6.45) is 2.70. The van der Waals surface area contributed by atoms with Crippen molar-refractivity contribution in [3.8, 4) is 0 Å². The highest BCUT2D eigenvalue weighted by molar-refractivity contribution is 4.90. The van der Waals surface area contributed by atoms with Gasteiger partial charge in [-0.2, -0.15) is 0 Å². The van der Waals surface area contributed by atoms with Crippen LogP contribution in [-0.2, 0) is 0 Å². The van der Waals surface area contributed by atoms with Gasteiger partial charge in [0.1, 0.15) is 0 Å². The minimum Gasteiger partial charge on any atom is -0.317 e. The molecule has 1 aliphatic heterocycles. The van der Waals surface area contributed by atoms with Crippen LogP contribution in [0.2, 0.25) is 0 Å². The summed E-state index contributed by atoms with van der Waals surface area (Å²) in [6, 6.07) is 0. The molecule has 0 unspecified atom stereocenters. The van der Waals surface area contributed by atoms with E-state index < -0.39 is 0 Å². The molecule has 0 amide bonds. The van der Waals surface area contributed by atoms with Crippen LogP contribution in [0.1, 0.15) is 47.5 Å². The van der Waals surface area contributed by atoms with E-state index in [2.05, 4.69) is 39.9 Å². The summed E-state index contributed by atoms with van der Waals surface area (Å²) in [5.41, 5.74) is 0.893. The van der Waals surface area contributed by atoms with Gasteiger partial charge in [-0.05, 0) is 42.7 Å². The van der Waals surface area contributed by atoms with Crippen molar-refractivity contribution in [3.63, 3.8) is 0 Å². The Hall–Kier alpha value is -0.0400. The van der Waals surface area contributed by atoms with Gasteiger partial charge in [0.25, 0.3) is 0 Å². The van der Waals surface area contributed by atoms with Crippen molar-refractivity contribution < 1.29 is 0 Å². The minimum absolute atomic E-state index is 0.426. The summed E-state index contributed by atoms with van der Waals surface area (Å²) in [7, 11) is 0. The van der Waals surface area contributed by atoms with Crippen molar-refractivity contribution >= 4 is 0 Å². The van der Waals surface area contributed by atoms with Crippen LogP contribution >= 0.6 is 0 Å². The van der Waals surface area contributed by atoms with Crippen LogP contribution < -0.4 is 5.32 Å². The van der Waals surface area contributed by atoms with Crippen LogP contribution in [0.5, 0.6) is 0 Å². The summed E-state index contributed by atoms with van der Waals surface area (Å²) in [6.45, 7) is 14.4. The summed E-state index contributed by atoms with van der Waals surface area (Å²) < 4.78 is 0. The highest BCUT2D eigenvalue weighted by atomic mass is 14.9. The first-order valence-corrected chi connectivity index (χ1v) is 5.56. The van der Waals surface area contributed by atoms with E-state index in [-0.39, 0.29) is 0 Å². The van der Waals surface area contributed by atoms with Gasteiger partial charge in [-0.1, -0.05) is 34.6 Å². The van der Waals surface area contributed by atoms with Gasteiger partial charge in [0, 0.05) is 0 Å². The van der Waals surface area contributed by atoms with Crippen LogP contribution in [0.4, 0.5) is 0 Å². The number of piperidine rings is 1. The zero-order valence-corrected chi connectivity index (χ0v) is 9.91. The first-order valence-electron chi connectivity index (χ1n) is 5.56. The molecule has 1 heterocycles. The number of rotatable bonds is 1. The number of nitrogens with one attached hydrogen (secondary N) is 1. The quantitative estimate of drug-likeness (QED) is 0.659. The molecule has 0 saturated carbocycles. The first kappa shape index (κ1) is 11.0. The first-order chi connectivity index (χ1) is 5.86. The third kappa shape index (κ3) is 2.25. The van der Waals surface area contributed by atoms with Gasteiger partial charge in [0.15, 0.2) is 0 Å². The maximum atomic E-state index is 3.44. The van der Waals surface area contributed by atoms with E-state index in [0.717, 1.165) is 5.92 Å². The highest BCUT2D eigenvalue weighted by Crippen LogP contribution is 2.47. The second-order valence-electron chi connectivity index (χ2n) is 6.00. The Morgan fingerprint density at radius 3 is 1.77 bits per heavy atom. The second kappa shape index (κ2) is 3.61. The fourth-order valence-corrected chi connectivity index (χ4v) is 2.16. The van der Waals surface area contributed by atoms with E-state index in [1.54, 1.807) is 0 Å². The van der Waals surface area contributed by atoms with Crippen molar-refractivity contribution in [2.75, 3.05) is 13.1 Å². The van der Waals surface area contributed by atoms with Crippen LogP contribution in [0.25, 0.3) is 0 Å². The van der Waals surface area contributed by atoms with E-state index in [4.69, 9.17) is 0 Å². The van der Waals surface area contributed by atoms with E-state index in [9.17, 15) is 0 Å². The highest BCUT2D eigenvalue weighted by Gasteiger charge is 2.39. The van der Waals surface area contributed by atoms with Gasteiger partial charge >= 0.3 is 0 Å². The van der Waals surface area contributed by atoms with Gasteiger partial charge in [-0.25, -0.2) is 0 Å². The van der Waals surface area contributed by atoms with Gasteiger partial charge in [-0.3, -0.25) is 0 Å². The summed E-state index contributed by atoms with van der Waals surface area (Å²) >= 11 is 0. The lowest BCUT2D eigenvalue weighted by Gasteiger charge is -2.46. The lowest BCUT2D eigenvalue weighted by atomic mass is 9.60. The van der Waals surface area contributed by atoms with E-state index in [1.807, 2.05) is 0 Å². The average molecular weight is 183 g/mol. The molecule has 0 aromatic heterocycles. The van der Waals surface area contributed by atoms with Crippen LogP contribution in [0.15, 0.2) is 0 Å². The SMILES string of the molecule is CC(C)(C)C(C)(C)C1CCNCC1. The molecule has 13 heavy (non-hydrogen) atoms. The summed E-state index contributed by atoms with van der Waals surface area (Å²) in [4.78, 5) is 0. The maximum absolute atomic E-state index is 3.44.